The Labute approximate surface area is 93.9 Å². The van der Waals surface area contributed by atoms with Crippen molar-refractivity contribution >= 4 is 5.97 Å². The second-order valence-electron chi connectivity index (χ2n) is 3.54. The van der Waals surface area contributed by atoms with E-state index in [2.05, 4.69) is 0 Å². The summed E-state index contributed by atoms with van der Waals surface area (Å²) in [4.78, 5) is 11.1. The van der Waals surface area contributed by atoms with Crippen LogP contribution in [0.1, 0.15) is 24.5 Å². The zero-order chi connectivity index (χ0) is 12.1. The molecular formula is C12H15FO3. The minimum atomic E-state index is -0.663. The van der Waals surface area contributed by atoms with Crippen LogP contribution in [-0.4, -0.2) is 17.7 Å². The summed E-state index contributed by atoms with van der Waals surface area (Å²) in [5, 5.41) is 9.12. The fourth-order valence-corrected chi connectivity index (χ4v) is 1.45. The van der Waals surface area contributed by atoms with E-state index in [0.29, 0.717) is 18.6 Å². The van der Waals surface area contributed by atoms with E-state index in [1.807, 2.05) is 0 Å². The van der Waals surface area contributed by atoms with Gasteiger partial charge in [-0.2, -0.15) is 0 Å². The van der Waals surface area contributed by atoms with Gasteiger partial charge in [-0.25, -0.2) is 4.39 Å². The van der Waals surface area contributed by atoms with Crippen LogP contribution >= 0.6 is 0 Å². The number of benzene rings is 1. The minimum Gasteiger partial charge on any atom is -0.505 e. The number of phenols is 1. The van der Waals surface area contributed by atoms with Crippen LogP contribution in [0.3, 0.4) is 0 Å². The molecule has 0 aliphatic heterocycles. The predicted octanol–water partition coefficient (Wildman–Crippen LogP) is 2.34. The van der Waals surface area contributed by atoms with Gasteiger partial charge in [-0.05, 0) is 43.5 Å². The third kappa shape index (κ3) is 3.22. The van der Waals surface area contributed by atoms with Gasteiger partial charge in [0.15, 0.2) is 11.6 Å². The largest absolute Gasteiger partial charge is 0.505 e. The molecule has 4 heteroatoms. The molecule has 1 N–H and O–H groups in total. The number of halogens is 1. The molecule has 1 aromatic rings. The van der Waals surface area contributed by atoms with E-state index in [1.54, 1.807) is 13.8 Å². The van der Waals surface area contributed by atoms with Gasteiger partial charge in [-0.1, -0.05) is 0 Å². The summed E-state index contributed by atoms with van der Waals surface area (Å²) in [6, 6.07) is 2.61. The molecule has 1 rings (SSSR count). The van der Waals surface area contributed by atoms with Crippen molar-refractivity contribution in [3.8, 4) is 5.75 Å². The monoisotopic (exact) mass is 226 g/mol. The number of rotatable bonds is 4. The van der Waals surface area contributed by atoms with E-state index in [4.69, 9.17) is 9.84 Å². The van der Waals surface area contributed by atoms with Gasteiger partial charge >= 0.3 is 5.97 Å². The van der Waals surface area contributed by atoms with Gasteiger partial charge in [0.1, 0.15) is 0 Å². The average molecular weight is 226 g/mol. The van der Waals surface area contributed by atoms with E-state index in [9.17, 15) is 9.18 Å². The summed E-state index contributed by atoms with van der Waals surface area (Å²) in [6.45, 7) is 3.85. The maximum atomic E-state index is 13.1. The molecule has 0 saturated heterocycles. The van der Waals surface area contributed by atoms with Gasteiger partial charge in [0.05, 0.1) is 6.61 Å². The summed E-state index contributed by atoms with van der Waals surface area (Å²) >= 11 is 0. The number of esters is 1. The van der Waals surface area contributed by atoms with Crippen LogP contribution in [0.2, 0.25) is 0 Å². The third-order valence-corrected chi connectivity index (χ3v) is 2.31. The van der Waals surface area contributed by atoms with Gasteiger partial charge in [-0.15, -0.1) is 0 Å². The lowest BCUT2D eigenvalue weighted by Gasteiger charge is -2.07. The lowest BCUT2D eigenvalue weighted by molar-refractivity contribution is -0.143. The van der Waals surface area contributed by atoms with Crippen molar-refractivity contribution in [2.45, 2.75) is 26.7 Å². The number of ether oxygens (including phenoxy) is 1. The Bertz CT molecular complexity index is 388. The van der Waals surface area contributed by atoms with Crippen molar-refractivity contribution in [1.82, 2.24) is 0 Å². The molecule has 0 aromatic heterocycles. The van der Waals surface area contributed by atoms with Crippen LogP contribution in [-0.2, 0) is 16.0 Å². The van der Waals surface area contributed by atoms with Crippen molar-refractivity contribution in [2.75, 3.05) is 6.61 Å². The van der Waals surface area contributed by atoms with E-state index in [0.717, 1.165) is 5.56 Å². The molecule has 3 nitrogen and oxygen atoms in total. The van der Waals surface area contributed by atoms with Crippen LogP contribution in [0.4, 0.5) is 4.39 Å². The second kappa shape index (κ2) is 5.49. The van der Waals surface area contributed by atoms with Gasteiger partial charge in [0.2, 0.25) is 0 Å². The first-order valence-corrected chi connectivity index (χ1v) is 5.18. The highest BCUT2D eigenvalue weighted by Crippen LogP contribution is 2.21. The summed E-state index contributed by atoms with van der Waals surface area (Å²) in [5.41, 5.74) is 1.48. The zero-order valence-electron chi connectivity index (χ0n) is 9.42. The van der Waals surface area contributed by atoms with Crippen LogP contribution in [0.5, 0.6) is 5.75 Å². The quantitative estimate of drug-likeness (QED) is 0.801. The van der Waals surface area contributed by atoms with E-state index >= 15 is 0 Å². The number of hydrogen-bond acceptors (Lipinski definition) is 3. The van der Waals surface area contributed by atoms with Gasteiger partial charge in [0.25, 0.3) is 0 Å². The van der Waals surface area contributed by atoms with E-state index < -0.39 is 5.82 Å². The number of aromatic hydroxyl groups is 1. The molecule has 0 atom stereocenters. The first-order chi connectivity index (χ1) is 7.54. The van der Waals surface area contributed by atoms with Crippen LogP contribution < -0.4 is 0 Å². The smallest absolute Gasteiger partial charge is 0.306 e. The van der Waals surface area contributed by atoms with Crippen molar-refractivity contribution in [2.24, 2.45) is 0 Å². The molecule has 0 bridgehead atoms. The van der Waals surface area contributed by atoms with Crippen molar-refractivity contribution < 1.29 is 19.0 Å². The maximum absolute atomic E-state index is 13.1. The van der Waals surface area contributed by atoms with Crippen molar-refractivity contribution in [1.29, 1.82) is 0 Å². The molecule has 1 aromatic carbocycles. The first kappa shape index (κ1) is 12.5. The first-order valence-electron chi connectivity index (χ1n) is 5.18. The Balaban J connectivity index is 2.67. The molecule has 0 unspecified atom stereocenters. The Kier molecular flexibility index (Phi) is 4.28. The number of phenolic OH excluding ortho intramolecular Hbond substituents is 1. The fourth-order valence-electron chi connectivity index (χ4n) is 1.45. The molecule has 0 aliphatic carbocycles. The standard InChI is InChI=1S/C12H15FO3/c1-3-16-12(15)5-4-9-7-10(13)11(14)6-8(9)2/h6-7,14H,3-5H2,1-2H3. The van der Waals surface area contributed by atoms with E-state index in [1.165, 1.54) is 12.1 Å². The normalized spacial score (nSPS) is 10.2. The lowest BCUT2D eigenvalue weighted by Crippen LogP contribution is -2.06. The third-order valence-electron chi connectivity index (χ3n) is 2.31. The Morgan fingerprint density at radius 2 is 2.19 bits per heavy atom. The summed E-state index contributed by atoms with van der Waals surface area (Å²) < 4.78 is 17.8. The number of hydrogen-bond donors (Lipinski definition) is 1. The zero-order valence-corrected chi connectivity index (χ0v) is 9.42. The van der Waals surface area contributed by atoms with Crippen molar-refractivity contribution in [3.05, 3.63) is 29.1 Å². The highest BCUT2D eigenvalue weighted by Gasteiger charge is 2.08. The second-order valence-corrected chi connectivity index (χ2v) is 3.54. The SMILES string of the molecule is CCOC(=O)CCc1cc(F)c(O)cc1C. The van der Waals surface area contributed by atoms with Gasteiger partial charge < -0.3 is 9.84 Å². The van der Waals surface area contributed by atoms with Crippen molar-refractivity contribution in [3.63, 3.8) is 0 Å². The molecular weight excluding hydrogens is 211 g/mol. The van der Waals surface area contributed by atoms with Crippen LogP contribution in [0.15, 0.2) is 12.1 Å². The number of carbonyl (C=O) groups excluding carboxylic acids is 1. The minimum absolute atomic E-state index is 0.221. The molecule has 0 radical (unpaired) electrons. The molecule has 0 spiro atoms. The van der Waals surface area contributed by atoms with Gasteiger partial charge in [-0.3, -0.25) is 4.79 Å². The topological polar surface area (TPSA) is 46.5 Å². The molecule has 88 valence electrons. The molecule has 0 saturated carbocycles. The molecule has 0 heterocycles. The van der Waals surface area contributed by atoms with Gasteiger partial charge in [0, 0.05) is 6.42 Å². The highest BCUT2D eigenvalue weighted by atomic mass is 19.1. The summed E-state index contributed by atoms with van der Waals surface area (Å²) in [5.74, 6) is -1.32. The number of aryl methyl sites for hydroxylation is 2. The number of carbonyl (C=O) groups is 1. The highest BCUT2D eigenvalue weighted by molar-refractivity contribution is 5.69. The van der Waals surface area contributed by atoms with Crippen LogP contribution in [0, 0.1) is 12.7 Å². The molecule has 0 amide bonds. The maximum Gasteiger partial charge on any atom is 0.306 e. The van der Waals surface area contributed by atoms with Crippen LogP contribution in [0.25, 0.3) is 0 Å². The predicted molar refractivity (Wildman–Crippen MR) is 57.8 cm³/mol. The van der Waals surface area contributed by atoms with E-state index in [-0.39, 0.29) is 18.1 Å². The molecule has 0 fully saturated rings. The average Bonchev–Trinajstić information content (AvgIpc) is 2.22. The Morgan fingerprint density at radius 1 is 1.50 bits per heavy atom. The molecule has 0 aliphatic rings. The Hall–Kier alpha value is -1.58. The molecule has 16 heavy (non-hydrogen) atoms. The lowest BCUT2D eigenvalue weighted by atomic mass is 10.0. The summed E-state index contributed by atoms with van der Waals surface area (Å²) in [6.07, 6.45) is 0.640. The fraction of sp³-hybridized carbons (Fsp3) is 0.417. The Morgan fingerprint density at radius 3 is 2.81 bits per heavy atom. The summed E-state index contributed by atoms with van der Waals surface area (Å²) in [7, 11) is 0.